The first kappa shape index (κ1) is 22.8. The fraction of sp³-hybridized carbons (Fsp3) is 0.125. The minimum absolute atomic E-state index is 0.0168. The van der Waals surface area contributed by atoms with Crippen molar-refractivity contribution in [2.75, 3.05) is 5.32 Å². The highest BCUT2D eigenvalue weighted by atomic mass is 32.2. The van der Waals surface area contributed by atoms with Crippen molar-refractivity contribution in [3.8, 4) is 0 Å². The molecule has 0 spiro atoms. The molecule has 3 aromatic rings. The number of hydrogen-bond donors (Lipinski definition) is 1. The molecule has 0 unspecified atom stereocenters. The Morgan fingerprint density at radius 2 is 1.58 bits per heavy atom. The van der Waals surface area contributed by atoms with Crippen LogP contribution in [-0.2, 0) is 19.6 Å². The number of nitrogens with one attached hydrogen (secondary N) is 1. The van der Waals surface area contributed by atoms with Gasteiger partial charge in [0.2, 0.25) is 5.91 Å². The zero-order valence-corrected chi connectivity index (χ0v) is 19.3. The van der Waals surface area contributed by atoms with Crippen LogP contribution < -0.4 is 5.32 Å². The summed E-state index contributed by atoms with van der Waals surface area (Å²) in [5.74, 6) is -1.08. The number of carbonyl (C=O) groups is 2. The standard InChI is InChI=1S/C24H21N3O4S2/c1-17-12-14-19(15-13-17)25-22(28)16-21-23(29)27(33(30,31)20-10-6-3-7-11-20)24(32-21)26-18-8-4-2-5-9-18/h2-15,21H,16H2,1H3,(H,25,28)/t21-/m1/s1. The predicted octanol–water partition coefficient (Wildman–Crippen LogP) is 4.34. The van der Waals surface area contributed by atoms with Gasteiger partial charge in [-0.3, -0.25) is 9.59 Å². The Kier molecular flexibility index (Phi) is 6.62. The van der Waals surface area contributed by atoms with Gasteiger partial charge in [0.25, 0.3) is 15.9 Å². The fourth-order valence-corrected chi connectivity index (χ4v) is 6.05. The van der Waals surface area contributed by atoms with Crippen molar-refractivity contribution in [3.63, 3.8) is 0 Å². The van der Waals surface area contributed by atoms with Crippen molar-refractivity contribution in [1.29, 1.82) is 0 Å². The Morgan fingerprint density at radius 1 is 0.970 bits per heavy atom. The largest absolute Gasteiger partial charge is 0.326 e. The van der Waals surface area contributed by atoms with Crippen LogP contribution in [0, 0.1) is 6.92 Å². The lowest BCUT2D eigenvalue weighted by molar-refractivity contribution is -0.125. The van der Waals surface area contributed by atoms with E-state index in [1.165, 1.54) is 12.1 Å². The molecule has 1 N–H and O–H groups in total. The summed E-state index contributed by atoms with van der Waals surface area (Å²) in [5, 5.41) is 1.85. The topological polar surface area (TPSA) is 95.9 Å². The summed E-state index contributed by atoms with van der Waals surface area (Å²) in [7, 11) is -4.19. The number of para-hydroxylation sites is 1. The second-order valence-corrected chi connectivity index (χ2v) is 10.3. The van der Waals surface area contributed by atoms with Crippen LogP contribution in [0.4, 0.5) is 11.4 Å². The van der Waals surface area contributed by atoms with E-state index in [1.54, 1.807) is 54.6 Å². The van der Waals surface area contributed by atoms with Gasteiger partial charge in [0.15, 0.2) is 5.17 Å². The van der Waals surface area contributed by atoms with Gasteiger partial charge < -0.3 is 5.32 Å². The van der Waals surface area contributed by atoms with Gasteiger partial charge >= 0.3 is 0 Å². The SMILES string of the molecule is Cc1ccc(NC(=O)C[C@H]2SC(=Nc3ccccc3)N(S(=O)(=O)c3ccccc3)C2=O)cc1. The molecular formula is C24H21N3O4S2. The maximum atomic E-state index is 13.3. The van der Waals surface area contributed by atoms with E-state index in [0.29, 0.717) is 15.7 Å². The highest BCUT2D eigenvalue weighted by Crippen LogP contribution is 2.35. The molecule has 1 aliphatic rings. The second-order valence-electron chi connectivity index (χ2n) is 7.38. The van der Waals surface area contributed by atoms with E-state index in [-0.39, 0.29) is 22.4 Å². The van der Waals surface area contributed by atoms with Crippen LogP contribution in [0.15, 0.2) is 94.8 Å². The molecule has 2 amide bonds. The summed E-state index contributed by atoms with van der Waals surface area (Å²) in [6.45, 7) is 1.94. The van der Waals surface area contributed by atoms with E-state index in [4.69, 9.17) is 0 Å². The number of aryl methyl sites for hydroxylation is 1. The molecule has 3 aromatic carbocycles. The Balaban J connectivity index is 1.62. The van der Waals surface area contributed by atoms with E-state index in [0.717, 1.165) is 17.3 Å². The summed E-state index contributed by atoms with van der Waals surface area (Å²) in [4.78, 5) is 30.2. The van der Waals surface area contributed by atoms with Gasteiger partial charge in [0.1, 0.15) is 5.25 Å². The van der Waals surface area contributed by atoms with Gasteiger partial charge in [0.05, 0.1) is 10.6 Å². The number of nitrogens with zero attached hydrogens (tertiary/aromatic N) is 2. The minimum Gasteiger partial charge on any atom is -0.326 e. The van der Waals surface area contributed by atoms with Crippen molar-refractivity contribution < 1.29 is 18.0 Å². The van der Waals surface area contributed by atoms with E-state index in [9.17, 15) is 18.0 Å². The first-order valence-electron chi connectivity index (χ1n) is 10.2. The van der Waals surface area contributed by atoms with E-state index in [1.807, 2.05) is 25.1 Å². The third-order valence-corrected chi connectivity index (χ3v) is 7.82. The molecule has 0 aliphatic carbocycles. The maximum Gasteiger partial charge on any atom is 0.272 e. The summed E-state index contributed by atoms with van der Waals surface area (Å²) >= 11 is 0.971. The third-order valence-electron chi connectivity index (χ3n) is 4.87. The molecule has 0 radical (unpaired) electrons. The predicted molar refractivity (Wildman–Crippen MR) is 130 cm³/mol. The van der Waals surface area contributed by atoms with Crippen LogP contribution in [0.3, 0.4) is 0 Å². The molecule has 4 rings (SSSR count). The molecular weight excluding hydrogens is 458 g/mol. The number of amidine groups is 1. The number of benzene rings is 3. The summed E-state index contributed by atoms with van der Waals surface area (Å²) in [6, 6.07) is 23.7. The Hall–Kier alpha value is -3.43. The first-order chi connectivity index (χ1) is 15.8. The van der Waals surface area contributed by atoms with Gasteiger partial charge in [-0.2, -0.15) is 4.31 Å². The molecule has 1 atom stereocenters. The van der Waals surface area contributed by atoms with Crippen LogP contribution in [0.2, 0.25) is 0 Å². The van der Waals surface area contributed by atoms with Crippen molar-refractivity contribution in [1.82, 2.24) is 4.31 Å². The lowest BCUT2D eigenvalue weighted by atomic mass is 10.2. The van der Waals surface area contributed by atoms with Crippen molar-refractivity contribution >= 4 is 50.1 Å². The molecule has 1 saturated heterocycles. The highest BCUT2D eigenvalue weighted by Gasteiger charge is 2.46. The molecule has 9 heteroatoms. The highest BCUT2D eigenvalue weighted by molar-refractivity contribution is 8.17. The van der Waals surface area contributed by atoms with Crippen LogP contribution in [0.25, 0.3) is 0 Å². The van der Waals surface area contributed by atoms with Crippen molar-refractivity contribution in [3.05, 3.63) is 90.5 Å². The minimum atomic E-state index is -4.19. The molecule has 0 saturated carbocycles. The van der Waals surface area contributed by atoms with Crippen molar-refractivity contribution in [2.24, 2.45) is 4.99 Å². The smallest absolute Gasteiger partial charge is 0.272 e. The molecule has 168 valence electrons. The van der Waals surface area contributed by atoms with Gasteiger partial charge in [-0.05, 0) is 43.3 Å². The zero-order valence-electron chi connectivity index (χ0n) is 17.7. The van der Waals surface area contributed by atoms with Gasteiger partial charge in [-0.25, -0.2) is 13.4 Å². The molecule has 33 heavy (non-hydrogen) atoms. The monoisotopic (exact) mass is 479 g/mol. The van der Waals surface area contributed by atoms with E-state index >= 15 is 0 Å². The number of amides is 2. The molecule has 0 bridgehead atoms. The summed E-state index contributed by atoms with van der Waals surface area (Å²) in [6.07, 6.45) is -0.188. The lowest BCUT2D eigenvalue weighted by Crippen LogP contribution is -2.38. The average molecular weight is 480 g/mol. The van der Waals surface area contributed by atoms with Gasteiger partial charge in [-0.1, -0.05) is 65.9 Å². The van der Waals surface area contributed by atoms with E-state index in [2.05, 4.69) is 10.3 Å². The Bertz CT molecular complexity index is 1290. The number of rotatable bonds is 6. The summed E-state index contributed by atoms with van der Waals surface area (Å²) in [5.41, 5.74) is 2.16. The van der Waals surface area contributed by atoms with Crippen molar-refractivity contribution in [2.45, 2.75) is 23.5 Å². The maximum absolute atomic E-state index is 13.3. The number of carbonyl (C=O) groups excluding carboxylic acids is 2. The number of sulfonamides is 1. The average Bonchev–Trinajstić information content (AvgIpc) is 3.11. The zero-order chi connectivity index (χ0) is 23.4. The normalized spacial score (nSPS) is 17.4. The quantitative estimate of drug-likeness (QED) is 0.567. The lowest BCUT2D eigenvalue weighted by Gasteiger charge is -2.16. The number of hydrogen-bond acceptors (Lipinski definition) is 6. The first-order valence-corrected chi connectivity index (χ1v) is 12.5. The molecule has 0 aromatic heterocycles. The number of aliphatic imine (C=N–C) groups is 1. The molecule has 1 heterocycles. The molecule has 7 nitrogen and oxygen atoms in total. The summed E-state index contributed by atoms with van der Waals surface area (Å²) < 4.78 is 27.3. The van der Waals surface area contributed by atoms with Crippen LogP contribution in [-0.4, -0.2) is 35.0 Å². The van der Waals surface area contributed by atoms with E-state index < -0.39 is 21.2 Å². The third kappa shape index (κ3) is 5.15. The van der Waals surface area contributed by atoms with Crippen LogP contribution in [0.5, 0.6) is 0 Å². The van der Waals surface area contributed by atoms with Crippen LogP contribution in [0.1, 0.15) is 12.0 Å². The molecule has 1 aliphatic heterocycles. The van der Waals surface area contributed by atoms with Crippen LogP contribution >= 0.6 is 11.8 Å². The molecule has 1 fully saturated rings. The fourth-order valence-electron chi connectivity index (χ4n) is 3.20. The number of anilines is 1. The Morgan fingerprint density at radius 3 is 2.21 bits per heavy atom. The Labute approximate surface area is 196 Å². The van der Waals surface area contributed by atoms with Gasteiger partial charge in [0, 0.05) is 12.1 Å². The second kappa shape index (κ2) is 9.60. The van der Waals surface area contributed by atoms with Gasteiger partial charge in [-0.15, -0.1) is 0 Å². The number of thioether (sulfide) groups is 1.